The Morgan fingerprint density at radius 3 is 2.66 bits per heavy atom. The Kier molecular flexibility index (Phi) is 7.03. The van der Waals surface area contributed by atoms with Gasteiger partial charge in [0.2, 0.25) is 5.95 Å². The molecule has 1 aromatic heterocycles. The summed E-state index contributed by atoms with van der Waals surface area (Å²) in [4.78, 5) is 8.45. The Hall–Kier alpha value is -3.52. The highest BCUT2D eigenvalue weighted by molar-refractivity contribution is 5.81. The number of halogens is 2. The molecule has 0 bridgehead atoms. The molecule has 1 aliphatic rings. The minimum Gasteiger partial charge on any atom is -0.493 e. The van der Waals surface area contributed by atoms with E-state index in [1.165, 1.54) is 12.3 Å². The number of pyridine rings is 1. The molecule has 4 rings (SSSR count). The van der Waals surface area contributed by atoms with Crippen molar-refractivity contribution in [2.45, 2.75) is 33.2 Å². The molecule has 35 heavy (non-hydrogen) atoms. The second kappa shape index (κ2) is 10.00. The molecule has 0 amide bonds. The van der Waals surface area contributed by atoms with Gasteiger partial charge in [-0.2, -0.15) is 4.39 Å². The first kappa shape index (κ1) is 24.6. The lowest BCUT2D eigenvalue weighted by molar-refractivity contribution is 0.196. The van der Waals surface area contributed by atoms with Crippen molar-refractivity contribution in [3.8, 4) is 28.4 Å². The summed E-state index contributed by atoms with van der Waals surface area (Å²) in [5, 5.41) is 0. The summed E-state index contributed by atoms with van der Waals surface area (Å²) >= 11 is 0. The van der Waals surface area contributed by atoms with Crippen molar-refractivity contribution >= 4 is 5.84 Å². The van der Waals surface area contributed by atoms with E-state index in [0.717, 1.165) is 0 Å². The van der Waals surface area contributed by atoms with Crippen LogP contribution in [0.25, 0.3) is 11.1 Å². The van der Waals surface area contributed by atoms with Crippen LogP contribution in [0.15, 0.2) is 53.7 Å². The van der Waals surface area contributed by atoms with Crippen molar-refractivity contribution in [2.24, 2.45) is 16.1 Å². The number of hydrogen-bond donors (Lipinski definition) is 1. The third-order valence-corrected chi connectivity index (χ3v) is 5.46. The molecule has 2 aromatic carbocycles. The average molecular weight is 482 g/mol. The molecular weight excluding hydrogens is 452 g/mol. The highest BCUT2D eigenvalue weighted by atomic mass is 19.1. The van der Waals surface area contributed by atoms with Crippen molar-refractivity contribution in [3.63, 3.8) is 0 Å². The predicted octanol–water partition coefficient (Wildman–Crippen LogP) is 6.04. The zero-order chi connectivity index (χ0) is 25.2. The molecule has 1 aliphatic heterocycles. The van der Waals surface area contributed by atoms with Gasteiger partial charge in [0.05, 0.1) is 19.0 Å². The van der Waals surface area contributed by atoms with Gasteiger partial charge >= 0.3 is 0 Å². The normalized spacial score (nSPS) is 15.3. The van der Waals surface area contributed by atoms with Crippen LogP contribution in [0.5, 0.6) is 17.2 Å². The van der Waals surface area contributed by atoms with Crippen molar-refractivity contribution in [2.75, 3.05) is 20.3 Å². The van der Waals surface area contributed by atoms with Gasteiger partial charge in [-0.25, -0.2) is 9.37 Å². The minimum absolute atomic E-state index is 0.0641. The number of aromatic nitrogens is 1. The third kappa shape index (κ3) is 5.59. The molecule has 0 spiro atoms. The lowest BCUT2D eigenvalue weighted by Gasteiger charge is -2.28. The van der Waals surface area contributed by atoms with E-state index in [2.05, 4.69) is 4.98 Å². The van der Waals surface area contributed by atoms with Gasteiger partial charge in [-0.1, -0.05) is 26.8 Å². The Morgan fingerprint density at radius 1 is 1.14 bits per heavy atom. The number of nitrogens with two attached hydrogens (primary N) is 1. The molecule has 8 heteroatoms. The minimum atomic E-state index is -0.682. The second-order valence-corrected chi connectivity index (χ2v) is 9.63. The van der Waals surface area contributed by atoms with Crippen molar-refractivity contribution in [1.29, 1.82) is 0 Å². The van der Waals surface area contributed by atoms with E-state index in [1.54, 1.807) is 43.5 Å². The topological polar surface area (TPSA) is 79.0 Å². The maximum Gasteiger partial charge on any atom is 0.220 e. The van der Waals surface area contributed by atoms with Crippen LogP contribution >= 0.6 is 0 Å². The number of ether oxygens (including phenoxy) is 3. The van der Waals surface area contributed by atoms with E-state index in [1.807, 2.05) is 20.8 Å². The number of methoxy groups -OCH3 is 1. The number of hydrogen-bond acceptors (Lipinski definition) is 5. The van der Waals surface area contributed by atoms with Gasteiger partial charge < -0.3 is 19.9 Å². The van der Waals surface area contributed by atoms with Crippen LogP contribution in [-0.4, -0.2) is 31.1 Å². The Labute approximate surface area is 203 Å². The Balaban J connectivity index is 1.83. The van der Waals surface area contributed by atoms with Crippen LogP contribution in [0, 0.1) is 17.2 Å². The van der Waals surface area contributed by atoms with Crippen molar-refractivity contribution in [1.82, 2.24) is 4.98 Å². The number of nitrogens with zero attached hydrogens (tertiary/aromatic N) is 2. The van der Waals surface area contributed by atoms with E-state index in [9.17, 15) is 4.39 Å². The molecular formula is C27H29F2N3O3. The highest BCUT2D eigenvalue weighted by Gasteiger charge is 2.31. The largest absolute Gasteiger partial charge is 0.493 e. The fraction of sp³-hybridized carbons (Fsp3) is 0.333. The highest BCUT2D eigenvalue weighted by Crippen LogP contribution is 2.48. The van der Waals surface area contributed by atoms with Crippen molar-refractivity contribution < 1.29 is 23.0 Å². The van der Waals surface area contributed by atoms with Crippen LogP contribution in [-0.2, 0) is 4.74 Å². The van der Waals surface area contributed by atoms with Gasteiger partial charge in [0.25, 0.3) is 0 Å². The molecule has 2 N–H and O–H groups in total. The predicted molar refractivity (Wildman–Crippen MR) is 131 cm³/mol. The second-order valence-electron chi connectivity index (χ2n) is 9.63. The number of rotatable bonds is 7. The summed E-state index contributed by atoms with van der Waals surface area (Å²) in [7, 11) is 1.58. The molecule has 1 unspecified atom stereocenters. The van der Waals surface area contributed by atoms with Crippen LogP contribution in [0.1, 0.15) is 44.4 Å². The summed E-state index contributed by atoms with van der Waals surface area (Å²) < 4.78 is 46.5. The van der Waals surface area contributed by atoms with Gasteiger partial charge in [-0.15, -0.1) is 0 Å². The van der Waals surface area contributed by atoms with Gasteiger partial charge in [-0.05, 0) is 41.3 Å². The van der Waals surface area contributed by atoms with E-state index in [4.69, 9.17) is 24.9 Å². The maximum absolute atomic E-state index is 15.2. The number of benzene rings is 2. The molecule has 0 saturated carbocycles. The Bertz CT molecular complexity index is 1250. The first-order valence-electron chi connectivity index (χ1n) is 11.4. The van der Waals surface area contributed by atoms with E-state index in [0.29, 0.717) is 59.2 Å². The molecule has 184 valence electrons. The molecule has 2 heterocycles. The van der Waals surface area contributed by atoms with E-state index >= 15 is 4.39 Å². The molecule has 0 saturated heterocycles. The van der Waals surface area contributed by atoms with Gasteiger partial charge in [-0.3, -0.25) is 4.99 Å². The molecule has 0 radical (unpaired) electrons. The molecule has 0 aliphatic carbocycles. The monoisotopic (exact) mass is 481 g/mol. The smallest absolute Gasteiger partial charge is 0.220 e. The molecule has 0 fully saturated rings. The lowest BCUT2D eigenvalue weighted by atomic mass is 9.91. The summed E-state index contributed by atoms with van der Waals surface area (Å²) in [6, 6.07) is 10.8. The van der Waals surface area contributed by atoms with E-state index in [-0.39, 0.29) is 11.2 Å². The van der Waals surface area contributed by atoms with Crippen LogP contribution in [0.3, 0.4) is 0 Å². The average Bonchev–Trinajstić information content (AvgIpc) is 2.81. The summed E-state index contributed by atoms with van der Waals surface area (Å²) in [6.45, 7) is 6.89. The zero-order valence-corrected chi connectivity index (χ0v) is 20.3. The summed E-state index contributed by atoms with van der Waals surface area (Å²) in [5.41, 5.74) is 8.13. The van der Waals surface area contributed by atoms with Crippen LogP contribution in [0.4, 0.5) is 8.78 Å². The van der Waals surface area contributed by atoms with Crippen LogP contribution < -0.4 is 15.2 Å². The molecule has 1 atom stereocenters. The maximum atomic E-state index is 15.2. The van der Waals surface area contributed by atoms with Gasteiger partial charge in [0.15, 0.2) is 11.6 Å². The number of aliphatic imine (C=N–C) groups is 1. The van der Waals surface area contributed by atoms with E-state index < -0.39 is 17.8 Å². The standard InChI is InChI=1S/C27H29F2N3O3/c1-27(2,3)15-34-17-13-20-24(32-23(30)9-11-33-4)19-12-16(18-6-5-10-31-26(18)29)7-8-22(19)35-25(20)21(28)14-17/h5-8,10,12-14,24H,9,11,15H2,1-4H3,(H2,30,32). The zero-order valence-electron chi connectivity index (χ0n) is 20.3. The SMILES string of the molecule is COCCC(N)=NC1c2cc(-c3cccnc3F)ccc2Oc2c(F)cc(OCC(C)(C)C)cc21. The van der Waals surface area contributed by atoms with Crippen LogP contribution in [0.2, 0.25) is 0 Å². The number of amidine groups is 1. The van der Waals surface area contributed by atoms with Gasteiger partial charge in [0, 0.05) is 42.5 Å². The number of fused-ring (bicyclic) bond motifs is 2. The quantitative estimate of drug-likeness (QED) is 0.253. The van der Waals surface area contributed by atoms with Gasteiger partial charge in [0.1, 0.15) is 17.5 Å². The Morgan fingerprint density at radius 2 is 1.94 bits per heavy atom. The van der Waals surface area contributed by atoms with Crippen molar-refractivity contribution in [3.05, 3.63) is 71.6 Å². The fourth-order valence-electron chi connectivity index (χ4n) is 3.76. The third-order valence-electron chi connectivity index (χ3n) is 5.46. The molecule has 6 nitrogen and oxygen atoms in total. The fourth-order valence-corrected chi connectivity index (χ4v) is 3.76. The lowest BCUT2D eigenvalue weighted by Crippen LogP contribution is -2.19. The summed E-state index contributed by atoms with van der Waals surface area (Å²) in [6.07, 6.45) is 1.79. The summed E-state index contributed by atoms with van der Waals surface area (Å²) in [5.74, 6) is 0.0435. The first-order chi connectivity index (χ1) is 16.7. The molecule has 3 aromatic rings. The first-order valence-corrected chi connectivity index (χ1v) is 11.4.